The van der Waals surface area contributed by atoms with Crippen LogP contribution in [0.2, 0.25) is 0 Å². The molecule has 94 heavy (non-hydrogen) atoms. The molecule has 0 fully saturated rings. The molecule has 9 nitrogen and oxygen atoms in total. The molecule has 0 rings (SSSR count). The van der Waals surface area contributed by atoms with Crippen LogP contribution in [0.5, 0.6) is 0 Å². The number of phosphoric acid groups is 1. The summed E-state index contributed by atoms with van der Waals surface area (Å²) in [5.74, 6) is -0.847. The normalized spacial score (nSPS) is 14.4. The van der Waals surface area contributed by atoms with Crippen molar-refractivity contribution in [3.8, 4) is 0 Å². The lowest BCUT2D eigenvalue weighted by Gasteiger charge is -2.24. The molecule has 10 heteroatoms. The summed E-state index contributed by atoms with van der Waals surface area (Å²) >= 11 is 0. The summed E-state index contributed by atoms with van der Waals surface area (Å²) in [5, 5.41) is 0. The zero-order valence-corrected chi connectivity index (χ0v) is 60.7. The molecule has 0 spiro atoms. The zero-order valence-electron chi connectivity index (χ0n) is 59.8. The SMILES string of the molecule is CC/C=C\C/C=C\C/C=C\C/C=C\C/C=C\C/C=C\C/C=C\C/C=C\C/C=C\C/C=C\CCCCCCCCCCCCC(=O)OC(COC(=O)CCCCCC/C=C\C/C=C\C/C=C\C/C=C\C/C=C\C/C=C\C/C=C\C/C=C\CC)COP(=O)(O)OCC[N+](C)(C)C. The second-order valence-corrected chi connectivity index (χ2v) is 26.0. The van der Waals surface area contributed by atoms with Gasteiger partial charge in [0.25, 0.3) is 0 Å². The minimum absolute atomic E-state index is 0.0143. The van der Waals surface area contributed by atoms with Crippen molar-refractivity contribution in [3.05, 3.63) is 219 Å². The Balaban J connectivity index is 4.17. The molecular formula is C84H133NO8P+. The van der Waals surface area contributed by atoms with Gasteiger partial charge in [-0.1, -0.05) is 297 Å². The van der Waals surface area contributed by atoms with Gasteiger partial charge >= 0.3 is 19.8 Å². The number of hydrogen-bond donors (Lipinski definition) is 1. The maximum absolute atomic E-state index is 12.9. The lowest BCUT2D eigenvalue weighted by molar-refractivity contribution is -0.870. The molecule has 0 aromatic carbocycles. The van der Waals surface area contributed by atoms with Gasteiger partial charge in [-0.3, -0.25) is 18.6 Å². The maximum atomic E-state index is 12.9. The van der Waals surface area contributed by atoms with E-state index in [4.69, 9.17) is 18.5 Å². The van der Waals surface area contributed by atoms with E-state index in [1.807, 2.05) is 21.1 Å². The summed E-state index contributed by atoms with van der Waals surface area (Å²) in [6.07, 6.45) is 115. The number of allylic oxidation sites excluding steroid dienone is 36. The fourth-order valence-corrected chi connectivity index (χ4v) is 9.74. The van der Waals surface area contributed by atoms with Gasteiger partial charge in [0.05, 0.1) is 27.7 Å². The van der Waals surface area contributed by atoms with Crippen LogP contribution in [-0.2, 0) is 32.7 Å². The van der Waals surface area contributed by atoms with Crippen molar-refractivity contribution >= 4 is 19.8 Å². The topological polar surface area (TPSA) is 108 Å². The van der Waals surface area contributed by atoms with Gasteiger partial charge in [0.2, 0.25) is 0 Å². The highest BCUT2D eigenvalue weighted by molar-refractivity contribution is 7.47. The smallest absolute Gasteiger partial charge is 0.462 e. The first kappa shape index (κ1) is 88.3. The van der Waals surface area contributed by atoms with E-state index in [0.717, 1.165) is 167 Å². The monoisotopic (exact) mass is 1310 g/mol. The van der Waals surface area contributed by atoms with Gasteiger partial charge in [-0.25, -0.2) is 4.57 Å². The van der Waals surface area contributed by atoms with E-state index in [0.29, 0.717) is 23.9 Å². The third kappa shape index (κ3) is 75.4. The molecule has 0 saturated heterocycles. The fourth-order valence-electron chi connectivity index (χ4n) is 9.00. The molecule has 0 bridgehead atoms. The first-order valence-electron chi connectivity index (χ1n) is 36.5. The zero-order chi connectivity index (χ0) is 68.3. The summed E-state index contributed by atoms with van der Waals surface area (Å²) in [4.78, 5) is 35.9. The summed E-state index contributed by atoms with van der Waals surface area (Å²) in [5.41, 5.74) is 0. The molecule has 0 aliphatic carbocycles. The van der Waals surface area contributed by atoms with Gasteiger partial charge in [0.15, 0.2) is 6.10 Å². The van der Waals surface area contributed by atoms with Crippen LogP contribution in [0.3, 0.4) is 0 Å². The highest BCUT2D eigenvalue weighted by Gasteiger charge is 2.27. The Hall–Kier alpha value is -5.67. The number of rotatable bonds is 64. The van der Waals surface area contributed by atoms with Gasteiger partial charge in [-0.2, -0.15) is 0 Å². The summed E-state index contributed by atoms with van der Waals surface area (Å²) in [7, 11) is 1.43. The molecule has 2 unspecified atom stereocenters. The molecule has 0 aromatic heterocycles. The lowest BCUT2D eigenvalue weighted by atomic mass is 10.0. The predicted molar refractivity (Wildman–Crippen MR) is 408 cm³/mol. The van der Waals surface area contributed by atoms with Crippen LogP contribution in [0.4, 0.5) is 0 Å². The van der Waals surface area contributed by atoms with E-state index in [9.17, 15) is 19.0 Å². The third-order valence-corrected chi connectivity index (χ3v) is 15.5. The number of esters is 2. The van der Waals surface area contributed by atoms with Crippen LogP contribution in [0.1, 0.15) is 245 Å². The van der Waals surface area contributed by atoms with Crippen molar-refractivity contribution < 1.29 is 42.1 Å². The van der Waals surface area contributed by atoms with Crippen molar-refractivity contribution in [1.29, 1.82) is 0 Å². The Labute approximate surface area is 576 Å². The largest absolute Gasteiger partial charge is 0.472 e. The second-order valence-electron chi connectivity index (χ2n) is 24.5. The Kier molecular flexibility index (Phi) is 67.3. The molecular weight excluding hydrogens is 1180 g/mol. The van der Waals surface area contributed by atoms with Crippen molar-refractivity contribution in [3.63, 3.8) is 0 Å². The Morgan fingerprint density at radius 3 is 0.851 bits per heavy atom. The molecule has 2 atom stereocenters. The number of hydrogen-bond acceptors (Lipinski definition) is 7. The number of unbranched alkanes of at least 4 members (excludes halogenated alkanes) is 14. The number of quaternary nitrogens is 1. The number of carbonyl (C=O) groups excluding carboxylic acids is 2. The van der Waals surface area contributed by atoms with Crippen LogP contribution < -0.4 is 0 Å². The third-order valence-electron chi connectivity index (χ3n) is 14.5. The van der Waals surface area contributed by atoms with Crippen molar-refractivity contribution in [2.24, 2.45) is 0 Å². The second kappa shape index (κ2) is 71.6. The minimum atomic E-state index is -4.42. The molecule has 0 aliphatic rings. The lowest BCUT2D eigenvalue weighted by Crippen LogP contribution is -2.37. The van der Waals surface area contributed by atoms with Gasteiger partial charge < -0.3 is 18.9 Å². The van der Waals surface area contributed by atoms with Crippen LogP contribution >= 0.6 is 7.82 Å². The van der Waals surface area contributed by atoms with Crippen molar-refractivity contribution in [1.82, 2.24) is 0 Å². The van der Waals surface area contributed by atoms with E-state index < -0.39 is 32.5 Å². The van der Waals surface area contributed by atoms with Crippen LogP contribution in [0.15, 0.2) is 219 Å². The van der Waals surface area contributed by atoms with E-state index in [-0.39, 0.29) is 26.1 Å². The van der Waals surface area contributed by atoms with E-state index in [2.05, 4.69) is 233 Å². The molecule has 0 amide bonds. The molecule has 0 heterocycles. The molecule has 0 saturated carbocycles. The number of carbonyl (C=O) groups is 2. The molecule has 1 N–H and O–H groups in total. The first-order valence-corrected chi connectivity index (χ1v) is 38.0. The Morgan fingerprint density at radius 1 is 0.330 bits per heavy atom. The fraction of sp³-hybridized carbons (Fsp3) is 0.548. The molecule has 0 aromatic rings. The van der Waals surface area contributed by atoms with Gasteiger partial charge in [0, 0.05) is 12.8 Å². The van der Waals surface area contributed by atoms with Crippen LogP contribution in [0.25, 0.3) is 0 Å². The minimum Gasteiger partial charge on any atom is -0.462 e. The van der Waals surface area contributed by atoms with Gasteiger partial charge in [-0.15, -0.1) is 0 Å². The quantitative estimate of drug-likeness (QED) is 0.0211. The van der Waals surface area contributed by atoms with Gasteiger partial charge in [-0.05, 0) is 154 Å². The number of phosphoric ester groups is 1. The van der Waals surface area contributed by atoms with E-state index in [1.165, 1.54) is 38.5 Å². The number of likely N-dealkylation sites (N-methyl/N-ethyl adjacent to an activating group) is 1. The van der Waals surface area contributed by atoms with Crippen LogP contribution in [0, 0.1) is 0 Å². The van der Waals surface area contributed by atoms with E-state index in [1.54, 1.807) is 0 Å². The Morgan fingerprint density at radius 2 is 0.574 bits per heavy atom. The standard InChI is InChI=1S/C84H132NO8P/c1-6-8-10-12-14-16-18-20-22-24-26-28-30-32-34-36-37-38-39-40-41-42-43-44-45-46-47-49-51-53-55-57-59-61-63-65-67-69-71-73-75-77-84(87)93-82(81-92-94(88,89)91-79-78-85(3,4)5)80-90-83(86)76-74-72-70-68-66-64-62-60-58-56-54-52-50-48-35-33-31-29-27-25-23-21-19-17-15-13-11-9-7-2/h8-11,14-17,20-23,26-29,32-35,37-38,40-41,43-44,46-47,50-53,56,58,62,64,82H,6-7,12-13,18-19,24-25,30-31,36,39,42,45,48-49,54-55,57,59-61,63,65-81H2,1-5H3/p+1/b10-8-,11-9-,16-14-,17-15-,22-20-,23-21-,28-26-,29-27-,34-32-,35-33-,38-37-,41-40-,44-43-,47-46-,52-50-,53-51-,58-56-,64-62-. The van der Waals surface area contributed by atoms with Gasteiger partial charge in [0.1, 0.15) is 19.8 Å². The van der Waals surface area contributed by atoms with E-state index >= 15 is 0 Å². The first-order chi connectivity index (χ1) is 46.0. The molecule has 0 aliphatic heterocycles. The summed E-state index contributed by atoms with van der Waals surface area (Å²) in [6.45, 7) is 4.14. The molecule has 0 radical (unpaired) electrons. The highest BCUT2D eigenvalue weighted by atomic mass is 31.2. The highest BCUT2D eigenvalue weighted by Crippen LogP contribution is 2.43. The van der Waals surface area contributed by atoms with Crippen molar-refractivity contribution in [2.45, 2.75) is 251 Å². The summed E-state index contributed by atoms with van der Waals surface area (Å²) in [6, 6.07) is 0. The summed E-state index contributed by atoms with van der Waals surface area (Å²) < 4.78 is 34.7. The van der Waals surface area contributed by atoms with Crippen molar-refractivity contribution in [2.75, 3.05) is 47.5 Å². The maximum Gasteiger partial charge on any atom is 0.472 e. The predicted octanol–water partition coefficient (Wildman–Crippen LogP) is 24.4. The van der Waals surface area contributed by atoms with Crippen LogP contribution in [-0.4, -0.2) is 74.9 Å². The molecule has 526 valence electrons. The number of ether oxygens (including phenoxy) is 2. The Bertz CT molecular complexity index is 2390. The average molecular weight is 1320 g/mol. The average Bonchev–Trinajstić information content (AvgIpc) is 1.57. The number of nitrogens with zero attached hydrogens (tertiary/aromatic N) is 1.